The summed E-state index contributed by atoms with van der Waals surface area (Å²) in [6, 6.07) is 7.31. The molecular formula is C13H12FNO. The van der Waals surface area contributed by atoms with Crippen LogP contribution < -0.4 is 4.74 Å². The second kappa shape index (κ2) is 4.31. The molecule has 2 nitrogen and oxygen atoms in total. The Balaban J connectivity index is 2.60. The van der Waals surface area contributed by atoms with E-state index in [9.17, 15) is 4.39 Å². The van der Waals surface area contributed by atoms with Gasteiger partial charge >= 0.3 is 0 Å². The second-order valence-corrected chi connectivity index (χ2v) is 3.56. The van der Waals surface area contributed by atoms with Gasteiger partial charge in [-0.25, -0.2) is 4.39 Å². The Hall–Kier alpha value is -1.90. The van der Waals surface area contributed by atoms with Gasteiger partial charge in [0.25, 0.3) is 0 Å². The van der Waals surface area contributed by atoms with Crippen molar-refractivity contribution in [3.8, 4) is 16.9 Å². The van der Waals surface area contributed by atoms with E-state index in [-0.39, 0.29) is 5.82 Å². The lowest BCUT2D eigenvalue weighted by Crippen LogP contribution is -1.91. The Labute approximate surface area is 93.7 Å². The minimum Gasteiger partial charge on any atom is -0.496 e. The van der Waals surface area contributed by atoms with Crippen molar-refractivity contribution in [3.05, 3.63) is 48.0 Å². The number of hydrogen-bond donors (Lipinski definition) is 0. The van der Waals surface area contributed by atoms with E-state index in [1.165, 1.54) is 6.20 Å². The summed E-state index contributed by atoms with van der Waals surface area (Å²) in [5.41, 5.74) is 2.33. The number of halogens is 1. The average molecular weight is 217 g/mol. The normalized spacial score (nSPS) is 10.2. The Kier molecular flexibility index (Phi) is 2.86. The van der Waals surface area contributed by atoms with Crippen molar-refractivity contribution in [3.63, 3.8) is 0 Å². The molecule has 0 N–H and O–H groups in total. The predicted octanol–water partition coefficient (Wildman–Crippen LogP) is 3.20. The van der Waals surface area contributed by atoms with Crippen molar-refractivity contribution in [2.45, 2.75) is 6.92 Å². The Morgan fingerprint density at radius 2 is 2.00 bits per heavy atom. The van der Waals surface area contributed by atoms with Gasteiger partial charge in [-0.05, 0) is 24.6 Å². The third-order valence-electron chi connectivity index (χ3n) is 2.42. The molecule has 0 saturated heterocycles. The minimum absolute atomic E-state index is 0.343. The molecule has 0 aliphatic rings. The van der Waals surface area contributed by atoms with Crippen LogP contribution >= 0.6 is 0 Å². The summed E-state index contributed by atoms with van der Waals surface area (Å²) in [5, 5.41) is 0. The first-order valence-electron chi connectivity index (χ1n) is 4.97. The van der Waals surface area contributed by atoms with E-state index in [0.717, 1.165) is 11.1 Å². The Bertz CT molecular complexity index is 511. The van der Waals surface area contributed by atoms with Crippen LogP contribution in [0.3, 0.4) is 0 Å². The smallest absolute Gasteiger partial charge is 0.149 e. The van der Waals surface area contributed by atoms with Gasteiger partial charge in [0, 0.05) is 17.3 Å². The largest absolute Gasteiger partial charge is 0.496 e. The number of rotatable bonds is 2. The summed E-state index contributed by atoms with van der Waals surface area (Å²) in [6.45, 7) is 1.97. The zero-order valence-corrected chi connectivity index (χ0v) is 9.20. The maximum Gasteiger partial charge on any atom is 0.149 e. The monoisotopic (exact) mass is 217 g/mol. The van der Waals surface area contributed by atoms with Crippen molar-refractivity contribution < 1.29 is 9.13 Å². The number of benzene rings is 1. The van der Waals surface area contributed by atoms with Gasteiger partial charge in [-0.2, -0.15) is 0 Å². The summed E-state index contributed by atoms with van der Waals surface area (Å²) in [6.07, 6.45) is 2.77. The molecule has 0 bridgehead atoms. The van der Waals surface area contributed by atoms with Crippen LogP contribution in [-0.4, -0.2) is 12.1 Å². The van der Waals surface area contributed by atoms with Gasteiger partial charge in [-0.1, -0.05) is 12.1 Å². The van der Waals surface area contributed by atoms with E-state index < -0.39 is 0 Å². The van der Waals surface area contributed by atoms with E-state index in [1.807, 2.05) is 25.1 Å². The van der Waals surface area contributed by atoms with Crippen molar-refractivity contribution in [2.75, 3.05) is 7.11 Å². The minimum atomic E-state index is -0.343. The molecule has 0 fully saturated rings. The fraction of sp³-hybridized carbons (Fsp3) is 0.154. The fourth-order valence-corrected chi connectivity index (χ4v) is 1.61. The Morgan fingerprint density at radius 1 is 1.19 bits per heavy atom. The molecule has 3 heteroatoms. The van der Waals surface area contributed by atoms with Crippen molar-refractivity contribution >= 4 is 0 Å². The quantitative estimate of drug-likeness (QED) is 0.770. The van der Waals surface area contributed by atoms with Gasteiger partial charge in [0.2, 0.25) is 0 Å². The lowest BCUT2D eigenvalue weighted by Gasteiger charge is -2.09. The standard InChI is InChI=1S/C13H12FNO/c1-9-3-4-11(13(7-9)16-2)10-5-6-15-8-12(10)14/h3-8H,1-2H3. The first kappa shape index (κ1) is 10.6. The van der Waals surface area contributed by atoms with Crippen LogP contribution in [0.2, 0.25) is 0 Å². The second-order valence-electron chi connectivity index (χ2n) is 3.56. The zero-order chi connectivity index (χ0) is 11.5. The summed E-state index contributed by atoms with van der Waals surface area (Å²) < 4.78 is 18.8. The molecule has 82 valence electrons. The summed E-state index contributed by atoms with van der Waals surface area (Å²) in [7, 11) is 1.58. The molecule has 0 saturated carbocycles. The molecule has 16 heavy (non-hydrogen) atoms. The number of ether oxygens (including phenoxy) is 1. The van der Waals surface area contributed by atoms with Crippen LogP contribution in [0.15, 0.2) is 36.7 Å². The SMILES string of the molecule is COc1cc(C)ccc1-c1ccncc1F. The Morgan fingerprint density at radius 3 is 2.69 bits per heavy atom. The van der Waals surface area contributed by atoms with Crippen LogP contribution in [0.5, 0.6) is 5.75 Å². The molecule has 0 radical (unpaired) electrons. The number of nitrogens with zero attached hydrogens (tertiary/aromatic N) is 1. The van der Waals surface area contributed by atoms with Gasteiger partial charge < -0.3 is 4.74 Å². The highest BCUT2D eigenvalue weighted by Gasteiger charge is 2.09. The molecule has 1 aromatic carbocycles. The molecule has 0 aliphatic heterocycles. The lowest BCUT2D eigenvalue weighted by molar-refractivity contribution is 0.416. The highest BCUT2D eigenvalue weighted by Crippen LogP contribution is 2.31. The van der Waals surface area contributed by atoms with Crippen LogP contribution in [0.1, 0.15) is 5.56 Å². The van der Waals surface area contributed by atoms with Gasteiger partial charge in [0.15, 0.2) is 0 Å². The number of aryl methyl sites for hydroxylation is 1. The van der Waals surface area contributed by atoms with E-state index in [4.69, 9.17) is 4.74 Å². The fourth-order valence-electron chi connectivity index (χ4n) is 1.61. The third kappa shape index (κ3) is 1.89. The molecular weight excluding hydrogens is 205 g/mol. The van der Waals surface area contributed by atoms with Crippen LogP contribution in [0.4, 0.5) is 4.39 Å². The lowest BCUT2D eigenvalue weighted by atomic mass is 10.0. The molecule has 0 unspecified atom stereocenters. The van der Waals surface area contributed by atoms with Crippen LogP contribution in [0.25, 0.3) is 11.1 Å². The van der Waals surface area contributed by atoms with E-state index in [2.05, 4.69) is 4.98 Å². The molecule has 2 aromatic rings. The predicted molar refractivity (Wildman–Crippen MR) is 60.9 cm³/mol. The maximum absolute atomic E-state index is 13.6. The zero-order valence-electron chi connectivity index (χ0n) is 9.20. The first-order valence-corrected chi connectivity index (χ1v) is 4.97. The number of methoxy groups -OCH3 is 1. The number of pyridine rings is 1. The summed E-state index contributed by atoms with van der Waals surface area (Å²) >= 11 is 0. The van der Waals surface area contributed by atoms with Gasteiger partial charge in [0.05, 0.1) is 13.3 Å². The van der Waals surface area contributed by atoms with E-state index in [0.29, 0.717) is 11.3 Å². The highest BCUT2D eigenvalue weighted by atomic mass is 19.1. The van der Waals surface area contributed by atoms with E-state index in [1.54, 1.807) is 19.4 Å². The summed E-state index contributed by atoms with van der Waals surface area (Å²) in [5.74, 6) is 0.328. The highest BCUT2D eigenvalue weighted by molar-refractivity contribution is 5.71. The van der Waals surface area contributed by atoms with E-state index >= 15 is 0 Å². The van der Waals surface area contributed by atoms with Crippen molar-refractivity contribution in [2.24, 2.45) is 0 Å². The molecule has 1 aromatic heterocycles. The van der Waals surface area contributed by atoms with Crippen molar-refractivity contribution in [1.29, 1.82) is 0 Å². The molecule has 1 heterocycles. The average Bonchev–Trinajstić information content (AvgIpc) is 2.30. The topological polar surface area (TPSA) is 22.1 Å². The third-order valence-corrected chi connectivity index (χ3v) is 2.42. The van der Waals surface area contributed by atoms with Crippen LogP contribution in [-0.2, 0) is 0 Å². The molecule has 0 atom stereocenters. The van der Waals surface area contributed by atoms with Gasteiger partial charge in [-0.15, -0.1) is 0 Å². The first-order chi connectivity index (χ1) is 7.72. The number of hydrogen-bond acceptors (Lipinski definition) is 2. The van der Waals surface area contributed by atoms with Gasteiger partial charge in [0.1, 0.15) is 11.6 Å². The van der Waals surface area contributed by atoms with Crippen LogP contribution in [0, 0.1) is 12.7 Å². The molecule has 0 amide bonds. The molecule has 2 rings (SSSR count). The van der Waals surface area contributed by atoms with Crippen molar-refractivity contribution in [1.82, 2.24) is 4.98 Å². The molecule has 0 aliphatic carbocycles. The van der Waals surface area contributed by atoms with Gasteiger partial charge in [-0.3, -0.25) is 4.98 Å². The maximum atomic E-state index is 13.6. The number of aromatic nitrogens is 1. The molecule has 0 spiro atoms. The summed E-state index contributed by atoms with van der Waals surface area (Å²) in [4.78, 5) is 3.73.